The number of aromatic nitrogens is 6. The number of nitrogens with zero attached hydrogens (tertiary/aromatic N) is 6. The van der Waals surface area contributed by atoms with Crippen molar-refractivity contribution in [2.24, 2.45) is 0 Å². The molecule has 1 atom stereocenters. The van der Waals surface area contributed by atoms with Crippen molar-refractivity contribution in [1.82, 2.24) is 35.1 Å². The Kier molecular flexibility index (Phi) is 7.18. The van der Waals surface area contributed by atoms with Gasteiger partial charge in [0.25, 0.3) is 5.56 Å². The number of ether oxygens (including phenoxy) is 1. The number of pyridine rings is 2. The van der Waals surface area contributed by atoms with Crippen LogP contribution in [0.25, 0.3) is 10.9 Å². The molecule has 1 unspecified atom stereocenters. The summed E-state index contributed by atoms with van der Waals surface area (Å²) >= 11 is 0. The molecule has 1 aromatic carbocycles. The average Bonchev–Trinajstić information content (AvgIpc) is 3.67. The predicted molar refractivity (Wildman–Crippen MR) is 145 cm³/mol. The molecule has 1 saturated carbocycles. The van der Waals surface area contributed by atoms with Crippen molar-refractivity contribution in [2.45, 2.75) is 57.3 Å². The van der Waals surface area contributed by atoms with Crippen LogP contribution in [0, 0.1) is 0 Å². The number of aromatic amines is 1. The van der Waals surface area contributed by atoms with E-state index in [0.29, 0.717) is 30.2 Å². The zero-order chi connectivity index (χ0) is 26.6. The summed E-state index contributed by atoms with van der Waals surface area (Å²) in [5.74, 6) is 2.14. The van der Waals surface area contributed by atoms with Gasteiger partial charge in [0.1, 0.15) is 17.6 Å². The lowest BCUT2D eigenvalue weighted by Gasteiger charge is -2.32. The maximum Gasteiger partial charge on any atom is 0.253 e. The molecular formula is C29H31N7O3. The third kappa shape index (κ3) is 5.33. The third-order valence-electron chi connectivity index (χ3n) is 7.47. The lowest BCUT2D eigenvalue weighted by Crippen LogP contribution is -2.35. The normalized spacial score (nSPS) is 15.1. The zero-order valence-electron chi connectivity index (χ0n) is 21.9. The first-order valence-electron chi connectivity index (χ1n) is 13.3. The van der Waals surface area contributed by atoms with Crippen LogP contribution < -0.4 is 10.3 Å². The number of H-pyrrole nitrogens is 1. The molecule has 0 amide bonds. The minimum Gasteiger partial charge on any atom is -0.497 e. The summed E-state index contributed by atoms with van der Waals surface area (Å²) in [5, 5.41) is 14.0. The second kappa shape index (κ2) is 11.2. The molecule has 0 spiro atoms. The number of hydrogen-bond donors (Lipinski definition) is 1. The number of methoxy groups -OCH3 is 1. The fourth-order valence-electron chi connectivity index (χ4n) is 5.56. The molecule has 1 aliphatic carbocycles. The molecule has 0 bridgehead atoms. The maximum atomic E-state index is 13.7. The highest BCUT2D eigenvalue weighted by Crippen LogP contribution is 2.34. The number of rotatable bonds is 9. The average molecular weight is 526 g/mol. The van der Waals surface area contributed by atoms with E-state index in [1.165, 1.54) is 6.42 Å². The smallest absolute Gasteiger partial charge is 0.253 e. The van der Waals surface area contributed by atoms with Gasteiger partial charge in [-0.25, -0.2) is 4.68 Å². The van der Waals surface area contributed by atoms with Gasteiger partial charge in [0.15, 0.2) is 5.82 Å². The van der Waals surface area contributed by atoms with Crippen LogP contribution in [-0.2, 0) is 13.1 Å². The predicted octanol–water partition coefficient (Wildman–Crippen LogP) is 4.81. The Hall–Kier alpha value is -4.31. The van der Waals surface area contributed by atoms with E-state index >= 15 is 0 Å². The first-order valence-corrected chi connectivity index (χ1v) is 13.3. The van der Waals surface area contributed by atoms with Gasteiger partial charge >= 0.3 is 0 Å². The lowest BCUT2D eigenvalue weighted by atomic mass is 9.95. The Balaban J connectivity index is 1.53. The quantitative estimate of drug-likeness (QED) is 0.292. The summed E-state index contributed by atoms with van der Waals surface area (Å²) in [7, 11) is 1.63. The molecule has 0 radical (unpaired) electrons. The van der Waals surface area contributed by atoms with E-state index in [0.717, 1.165) is 47.9 Å². The van der Waals surface area contributed by atoms with Crippen LogP contribution in [0.5, 0.6) is 5.75 Å². The van der Waals surface area contributed by atoms with Gasteiger partial charge in [-0.2, -0.15) is 0 Å². The fraction of sp³-hybridized carbons (Fsp3) is 0.345. The summed E-state index contributed by atoms with van der Waals surface area (Å²) in [5.41, 5.74) is 2.11. The van der Waals surface area contributed by atoms with Crippen LogP contribution in [-0.4, -0.2) is 42.2 Å². The monoisotopic (exact) mass is 525 g/mol. The van der Waals surface area contributed by atoms with Gasteiger partial charge in [0.05, 0.1) is 26.0 Å². The highest BCUT2D eigenvalue weighted by molar-refractivity contribution is 5.80. The van der Waals surface area contributed by atoms with Gasteiger partial charge in [-0.05, 0) is 71.3 Å². The van der Waals surface area contributed by atoms with Crippen molar-refractivity contribution in [3.05, 3.63) is 100 Å². The molecule has 10 nitrogen and oxygen atoms in total. The Bertz CT molecular complexity index is 1570. The molecule has 0 aliphatic heterocycles. The lowest BCUT2D eigenvalue weighted by molar-refractivity contribution is 0.173. The Labute approximate surface area is 225 Å². The molecule has 1 fully saturated rings. The number of hydrogen-bond acceptors (Lipinski definition) is 8. The van der Waals surface area contributed by atoms with Crippen molar-refractivity contribution < 1.29 is 9.15 Å². The standard InChI is InChI=1S/C29H31N7O3/c1-38-23-11-12-26-21(15-23)16-25(29(37)31-26)27(28-32-33-34-36(28)22-8-3-2-4-9-22)35(19-24-10-6-14-39-24)18-20-7-5-13-30-17-20/h5-7,10-17,22,27H,2-4,8-9,18-19H2,1H3,(H,31,37). The Morgan fingerprint density at radius 1 is 1.13 bits per heavy atom. The highest BCUT2D eigenvalue weighted by Gasteiger charge is 2.33. The molecule has 6 rings (SSSR count). The van der Waals surface area contributed by atoms with E-state index < -0.39 is 6.04 Å². The molecule has 10 heteroatoms. The van der Waals surface area contributed by atoms with Crippen molar-refractivity contribution in [1.29, 1.82) is 0 Å². The van der Waals surface area contributed by atoms with E-state index in [9.17, 15) is 4.79 Å². The molecule has 1 aliphatic rings. The van der Waals surface area contributed by atoms with Gasteiger partial charge in [0.2, 0.25) is 0 Å². The van der Waals surface area contributed by atoms with Gasteiger partial charge in [-0.3, -0.25) is 14.7 Å². The maximum absolute atomic E-state index is 13.7. The van der Waals surface area contributed by atoms with E-state index in [-0.39, 0.29) is 11.6 Å². The summed E-state index contributed by atoms with van der Waals surface area (Å²) in [6, 6.07) is 14.9. The SMILES string of the molecule is COc1ccc2[nH]c(=O)c(C(c3nnnn3C3CCCCC3)N(Cc3cccnc3)Cc3ccco3)cc2c1. The first-order chi connectivity index (χ1) is 19.2. The largest absolute Gasteiger partial charge is 0.497 e. The molecule has 4 heterocycles. The number of benzene rings is 1. The summed E-state index contributed by atoms with van der Waals surface area (Å²) in [6.07, 6.45) is 10.8. The number of tetrazole rings is 1. The van der Waals surface area contributed by atoms with Crippen molar-refractivity contribution in [2.75, 3.05) is 7.11 Å². The van der Waals surface area contributed by atoms with Gasteiger partial charge in [-0.1, -0.05) is 25.3 Å². The number of nitrogens with one attached hydrogen (secondary N) is 1. The number of furan rings is 1. The molecule has 39 heavy (non-hydrogen) atoms. The molecule has 1 N–H and O–H groups in total. The van der Waals surface area contributed by atoms with Crippen LogP contribution >= 0.6 is 0 Å². The Morgan fingerprint density at radius 2 is 2.03 bits per heavy atom. The van der Waals surface area contributed by atoms with Crippen LogP contribution in [0.2, 0.25) is 0 Å². The summed E-state index contributed by atoms with van der Waals surface area (Å²) < 4.78 is 13.2. The van der Waals surface area contributed by atoms with E-state index in [4.69, 9.17) is 9.15 Å². The summed E-state index contributed by atoms with van der Waals surface area (Å²) in [6.45, 7) is 0.950. The third-order valence-corrected chi connectivity index (χ3v) is 7.47. The second-order valence-corrected chi connectivity index (χ2v) is 10.0. The van der Waals surface area contributed by atoms with E-state index in [1.54, 1.807) is 19.6 Å². The van der Waals surface area contributed by atoms with E-state index in [2.05, 4.69) is 30.4 Å². The van der Waals surface area contributed by atoms with Crippen molar-refractivity contribution in [3.8, 4) is 5.75 Å². The molecule has 200 valence electrons. The van der Waals surface area contributed by atoms with Crippen molar-refractivity contribution in [3.63, 3.8) is 0 Å². The van der Waals surface area contributed by atoms with Crippen LogP contribution in [0.1, 0.15) is 66.9 Å². The first kappa shape index (κ1) is 25.0. The van der Waals surface area contributed by atoms with Crippen molar-refractivity contribution >= 4 is 10.9 Å². The van der Waals surface area contributed by atoms with Crippen LogP contribution in [0.4, 0.5) is 0 Å². The zero-order valence-corrected chi connectivity index (χ0v) is 21.9. The minimum absolute atomic E-state index is 0.188. The second-order valence-electron chi connectivity index (χ2n) is 10.0. The molecule has 0 saturated heterocycles. The van der Waals surface area contributed by atoms with Gasteiger partial charge in [-0.15, -0.1) is 5.10 Å². The fourth-order valence-corrected chi connectivity index (χ4v) is 5.56. The number of fused-ring (bicyclic) bond motifs is 1. The van der Waals surface area contributed by atoms with E-state index in [1.807, 2.05) is 59.4 Å². The highest BCUT2D eigenvalue weighted by atomic mass is 16.5. The van der Waals surface area contributed by atoms with Crippen LogP contribution in [0.15, 0.2) is 76.4 Å². The topological polar surface area (TPSA) is 115 Å². The molecular weight excluding hydrogens is 494 g/mol. The minimum atomic E-state index is -0.549. The van der Waals surface area contributed by atoms with Gasteiger partial charge in [0, 0.05) is 35.4 Å². The Morgan fingerprint density at radius 3 is 2.79 bits per heavy atom. The molecule has 5 aromatic rings. The molecule has 4 aromatic heterocycles. The van der Waals surface area contributed by atoms with Gasteiger partial charge < -0.3 is 14.1 Å². The van der Waals surface area contributed by atoms with Crippen LogP contribution in [0.3, 0.4) is 0 Å². The summed E-state index contributed by atoms with van der Waals surface area (Å²) in [4.78, 5) is 23.3.